The summed E-state index contributed by atoms with van der Waals surface area (Å²) in [5.41, 5.74) is 3.06. The number of furan rings is 1. The van der Waals surface area contributed by atoms with Gasteiger partial charge in [-0.2, -0.15) is 5.10 Å². The van der Waals surface area contributed by atoms with Crippen molar-refractivity contribution in [2.75, 3.05) is 0 Å². The number of carbonyl (C=O) groups is 1. The van der Waals surface area contributed by atoms with Crippen molar-refractivity contribution in [3.8, 4) is 11.3 Å². The van der Waals surface area contributed by atoms with Gasteiger partial charge in [-0.15, -0.1) is 0 Å². The van der Waals surface area contributed by atoms with Crippen molar-refractivity contribution in [1.82, 2.24) is 19.9 Å². The van der Waals surface area contributed by atoms with Gasteiger partial charge in [0, 0.05) is 18.4 Å². The number of fused-ring (bicyclic) bond motifs is 1. The number of hydrogen-bond donors (Lipinski definition) is 1. The molecule has 0 aliphatic heterocycles. The highest BCUT2D eigenvalue weighted by Crippen LogP contribution is 2.23. The predicted octanol–water partition coefficient (Wildman–Crippen LogP) is 3.92. The molecule has 7 heteroatoms. The summed E-state index contributed by atoms with van der Waals surface area (Å²) < 4.78 is 7.61. The summed E-state index contributed by atoms with van der Waals surface area (Å²) >= 11 is 1.53. The molecule has 6 nitrogen and oxygen atoms in total. The summed E-state index contributed by atoms with van der Waals surface area (Å²) in [7, 11) is 0. The largest absolute Gasteiger partial charge is 0.461 e. The quantitative estimate of drug-likeness (QED) is 0.550. The normalized spacial score (nSPS) is 11.2. The molecule has 0 saturated carbocycles. The van der Waals surface area contributed by atoms with E-state index in [2.05, 4.69) is 34.5 Å². The molecule has 0 aliphatic carbocycles. The number of hydrogen-bond acceptors (Lipinski definition) is 5. The standard InChI is InChI=1S/C20H20N4O2S/c1-13-3-5-15(6-4-13)18-9-7-17(26-18)8-10-19(25)21-11-16-12-24-20(22-16)27-14(2)23-24/h3-7,9,12H,8,10-11H2,1-2H3,(H,21,25). The lowest BCUT2D eigenvalue weighted by Gasteiger charge is -2.02. The fourth-order valence-corrected chi connectivity index (χ4v) is 3.57. The summed E-state index contributed by atoms with van der Waals surface area (Å²) in [5, 5.41) is 8.19. The van der Waals surface area contributed by atoms with Crippen LogP contribution >= 0.6 is 11.3 Å². The number of rotatable bonds is 6. The van der Waals surface area contributed by atoms with Crippen molar-refractivity contribution >= 4 is 22.2 Å². The highest BCUT2D eigenvalue weighted by Gasteiger charge is 2.10. The second kappa shape index (κ2) is 7.36. The third-order valence-corrected chi connectivity index (χ3v) is 5.09. The average Bonchev–Trinajstić information content (AvgIpc) is 3.33. The summed E-state index contributed by atoms with van der Waals surface area (Å²) in [4.78, 5) is 17.4. The second-order valence-electron chi connectivity index (χ2n) is 6.49. The van der Waals surface area contributed by atoms with Gasteiger partial charge < -0.3 is 9.73 Å². The lowest BCUT2D eigenvalue weighted by atomic mass is 10.1. The van der Waals surface area contributed by atoms with E-state index in [9.17, 15) is 4.79 Å². The molecule has 0 radical (unpaired) electrons. The van der Waals surface area contributed by atoms with E-state index in [1.807, 2.05) is 37.4 Å². The molecule has 0 fully saturated rings. The first kappa shape index (κ1) is 17.5. The molecule has 4 aromatic rings. The van der Waals surface area contributed by atoms with Gasteiger partial charge in [-0.3, -0.25) is 4.79 Å². The highest BCUT2D eigenvalue weighted by molar-refractivity contribution is 7.16. The first-order valence-electron chi connectivity index (χ1n) is 8.81. The Morgan fingerprint density at radius 1 is 1.19 bits per heavy atom. The summed E-state index contributed by atoms with van der Waals surface area (Å²) in [6.07, 6.45) is 2.79. The monoisotopic (exact) mass is 380 g/mol. The lowest BCUT2D eigenvalue weighted by Crippen LogP contribution is -2.23. The number of aromatic nitrogens is 3. The van der Waals surface area contributed by atoms with Crippen LogP contribution in [-0.2, 0) is 17.8 Å². The zero-order chi connectivity index (χ0) is 18.8. The van der Waals surface area contributed by atoms with E-state index in [-0.39, 0.29) is 5.91 Å². The smallest absolute Gasteiger partial charge is 0.220 e. The van der Waals surface area contributed by atoms with E-state index in [4.69, 9.17) is 4.42 Å². The third kappa shape index (κ3) is 4.09. The van der Waals surface area contributed by atoms with Gasteiger partial charge in [-0.05, 0) is 26.0 Å². The van der Waals surface area contributed by atoms with Crippen LogP contribution in [0.4, 0.5) is 0 Å². The van der Waals surface area contributed by atoms with Gasteiger partial charge in [-0.25, -0.2) is 9.50 Å². The van der Waals surface area contributed by atoms with Gasteiger partial charge >= 0.3 is 0 Å². The molecule has 0 saturated heterocycles. The molecule has 1 N–H and O–H groups in total. The van der Waals surface area contributed by atoms with Crippen LogP contribution in [-0.4, -0.2) is 20.5 Å². The van der Waals surface area contributed by atoms with Crippen LogP contribution in [0, 0.1) is 13.8 Å². The summed E-state index contributed by atoms with van der Waals surface area (Å²) in [5.74, 6) is 1.61. The maximum atomic E-state index is 12.1. The van der Waals surface area contributed by atoms with E-state index in [0.29, 0.717) is 19.4 Å². The number of benzene rings is 1. The molecule has 0 atom stereocenters. The molecule has 4 rings (SSSR count). The number of aryl methyl sites for hydroxylation is 3. The van der Waals surface area contributed by atoms with Crippen molar-refractivity contribution in [3.63, 3.8) is 0 Å². The van der Waals surface area contributed by atoms with E-state index in [1.165, 1.54) is 16.9 Å². The Hall–Kier alpha value is -2.93. The van der Waals surface area contributed by atoms with Crippen molar-refractivity contribution < 1.29 is 9.21 Å². The molecule has 138 valence electrons. The first-order valence-corrected chi connectivity index (χ1v) is 9.62. The summed E-state index contributed by atoms with van der Waals surface area (Å²) in [6, 6.07) is 12.1. The molecule has 3 heterocycles. The zero-order valence-corrected chi connectivity index (χ0v) is 16.0. The maximum Gasteiger partial charge on any atom is 0.220 e. The Bertz CT molecular complexity index is 1040. The Morgan fingerprint density at radius 3 is 2.78 bits per heavy atom. The fraction of sp³-hybridized carbons (Fsp3) is 0.250. The third-order valence-electron chi connectivity index (χ3n) is 4.26. The fourth-order valence-electron chi connectivity index (χ4n) is 2.83. The van der Waals surface area contributed by atoms with Crippen molar-refractivity contribution in [1.29, 1.82) is 0 Å². The Kier molecular flexibility index (Phi) is 4.77. The summed E-state index contributed by atoms with van der Waals surface area (Å²) in [6.45, 7) is 4.40. The van der Waals surface area contributed by atoms with E-state index in [1.54, 1.807) is 4.52 Å². The molecule has 1 amide bonds. The van der Waals surface area contributed by atoms with Crippen molar-refractivity contribution in [3.05, 3.63) is 64.6 Å². The highest BCUT2D eigenvalue weighted by atomic mass is 32.1. The van der Waals surface area contributed by atoms with Gasteiger partial charge in [0.1, 0.15) is 16.5 Å². The predicted molar refractivity (Wildman–Crippen MR) is 105 cm³/mol. The number of amides is 1. The Labute approximate surface area is 160 Å². The van der Waals surface area contributed by atoms with Gasteiger partial charge in [-0.1, -0.05) is 41.2 Å². The number of carbonyl (C=O) groups excluding carboxylic acids is 1. The Balaban J connectivity index is 1.28. The van der Waals surface area contributed by atoms with Gasteiger partial charge in [0.25, 0.3) is 0 Å². The van der Waals surface area contributed by atoms with Gasteiger partial charge in [0.2, 0.25) is 10.9 Å². The minimum atomic E-state index is -0.0243. The Morgan fingerprint density at radius 2 is 2.00 bits per heavy atom. The van der Waals surface area contributed by atoms with Crippen LogP contribution < -0.4 is 5.32 Å². The SMILES string of the molecule is Cc1ccc(-c2ccc(CCC(=O)NCc3cn4nc(C)sc4n3)o2)cc1. The van der Waals surface area contributed by atoms with E-state index in [0.717, 1.165) is 32.7 Å². The zero-order valence-electron chi connectivity index (χ0n) is 15.2. The molecule has 0 spiro atoms. The molecule has 0 bridgehead atoms. The van der Waals surface area contributed by atoms with Crippen LogP contribution in [0.3, 0.4) is 0 Å². The number of nitrogens with one attached hydrogen (secondary N) is 1. The first-order chi connectivity index (χ1) is 13.1. The minimum absolute atomic E-state index is 0.0243. The van der Waals surface area contributed by atoms with Crippen molar-refractivity contribution in [2.24, 2.45) is 0 Å². The molecule has 1 aromatic carbocycles. The van der Waals surface area contributed by atoms with Crippen LogP contribution in [0.2, 0.25) is 0 Å². The molecule has 0 aliphatic rings. The van der Waals surface area contributed by atoms with Crippen molar-refractivity contribution in [2.45, 2.75) is 33.2 Å². The molecule has 0 unspecified atom stereocenters. The van der Waals surface area contributed by atoms with E-state index >= 15 is 0 Å². The van der Waals surface area contributed by atoms with Gasteiger partial charge in [0.15, 0.2) is 0 Å². The molecule has 3 aromatic heterocycles. The van der Waals surface area contributed by atoms with Crippen LogP contribution in [0.25, 0.3) is 16.3 Å². The van der Waals surface area contributed by atoms with Crippen LogP contribution in [0.1, 0.15) is 28.4 Å². The molecule has 27 heavy (non-hydrogen) atoms. The van der Waals surface area contributed by atoms with E-state index < -0.39 is 0 Å². The van der Waals surface area contributed by atoms with Gasteiger partial charge in [0.05, 0.1) is 18.4 Å². The minimum Gasteiger partial charge on any atom is -0.461 e. The molecular weight excluding hydrogens is 360 g/mol. The number of nitrogens with zero attached hydrogens (tertiary/aromatic N) is 3. The van der Waals surface area contributed by atoms with Crippen LogP contribution in [0.15, 0.2) is 47.0 Å². The average molecular weight is 380 g/mol. The van der Waals surface area contributed by atoms with Crippen LogP contribution in [0.5, 0.6) is 0 Å². The lowest BCUT2D eigenvalue weighted by molar-refractivity contribution is -0.121. The molecular formula is C20H20N4O2S. The number of imidazole rings is 1. The second-order valence-corrected chi connectivity index (χ2v) is 7.65. The maximum absolute atomic E-state index is 12.1. The topological polar surface area (TPSA) is 72.4 Å².